The molecule has 0 N–H and O–H groups in total. The van der Waals surface area contributed by atoms with Crippen LogP contribution in [0.1, 0.15) is 33.1 Å². The minimum Gasteiger partial charge on any atom is -0.378 e. The summed E-state index contributed by atoms with van der Waals surface area (Å²) in [5, 5.41) is 0. The maximum Gasteiger partial charge on any atom is 0.0569 e. The monoisotopic (exact) mass is 164 g/mol. The Kier molecular flexibility index (Phi) is 7.54. The summed E-state index contributed by atoms with van der Waals surface area (Å²) in [7, 11) is 0. The molecule has 0 aromatic heterocycles. The van der Waals surface area contributed by atoms with Crippen molar-refractivity contribution in [1.29, 1.82) is 0 Å². The molecule has 2 heteroatoms. The molecule has 1 nitrogen and oxygen atoms in total. The number of hydrogen-bond donors (Lipinski definition) is 0. The number of hydrogen-bond acceptors (Lipinski definition) is 1. The van der Waals surface area contributed by atoms with Crippen LogP contribution in [0.25, 0.3) is 0 Å². The lowest BCUT2D eigenvalue weighted by Crippen LogP contribution is -2.11. The summed E-state index contributed by atoms with van der Waals surface area (Å²) in [6, 6.07) is 0. The summed E-state index contributed by atoms with van der Waals surface area (Å²) in [6.45, 7) is 5.11. The van der Waals surface area contributed by atoms with Crippen LogP contribution in [-0.4, -0.2) is 18.6 Å². The van der Waals surface area contributed by atoms with Crippen molar-refractivity contribution < 1.29 is 4.74 Å². The average molecular weight is 165 g/mol. The Balaban J connectivity index is 3.09. The molecule has 0 aliphatic heterocycles. The summed E-state index contributed by atoms with van der Waals surface area (Å²) in [5.41, 5.74) is 0. The Labute approximate surface area is 68.7 Å². The van der Waals surface area contributed by atoms with E-state index >= 15 is 0 Å². The number of rotatable bonds is 6. The van der Waals surface area contributed by atoms with Crippen molar-refractivity contribution in [2.45, 2.75) is 39.2 Å². The number of alkyl halides is 1. The Morgan fingerprint density at radius 3 is 2.30 bits per heavy atom. The van der Waals surface area contributed by atoms with Crippen LogP contribution < -0.4 is 0 Å². The van der Waals surface area contributed by atoms with E-state index in [2.05, 4.69) is 13.8 Å². The normalized spacial score (nSPS) is 10.8. The number of ether oxygens (including phenoxy) is 1. The topological polar surface area (TPSA) is 9.23 Å². The van der Waals surface area contributed by atoms with Gasteiger partial charge >= 0.3 is 0 Å². The van der Waals surface area contributed by atoms with Crippen molar-refractivity contribution in [1.82, 2.24) is 0 Å². The first-order valence-electron chi connectivity index (χ1n) is 4.02. The lowest BCUT2D eigenvalue weighted by Gasteiger charge is -2.12. The first-order chi connectivity index (χ1) is 4.85. The fourth-order valence-corrected chi connectivity index (χ4v) is 0.938. The van der Waals surface area contributed by atoms with Gasteiger partial charge in [-0.15, -0.1) is 11.6 Å². The Morgan fingerprint density at radius 1 is 1.30 bits per heavy atom. The number of halogens is 1. The predicted molar refractivity (Wildman–Crippen MR) is 45.7 cm³/mol. The second-order valence-corrected chi connectivity index (χ2v) is 2.73. The van der Waals surface area contributed by atoms with Gasteiger partial charge in [0.2, 0.25) is 0 Å². The second kappa shape index (κ2) is 7.36. The molecule has 0 bridgehead atoms. The van der Waals surface area contributed by atoms with Gasteiger partial charge in [0.15, 0.2) is 0 Å². The highest BCUT2D eigenvalue weighted by atomic mass is 35.5. The maximum atomic E-state index is 5.50. The van der Waals surface area contributed by atoms with Gasteiger partial charge in [0.25, 0.3) is 0 Å². The Hall–Kier alpha value is 0.250. The first-order valence-corrected chi connectivity index (χ1v) is 4.56. The SMILES string of the molecule is CCC(CC)OCCCCl. The van der Waals surface area contributed by atoms with Crippen LogP contribution in [0.4, 0.5) is 0 Å². The van der Waals surface area contributed by atoms with Crippen LogP contribution in [-0.2, 0) is 4.74 Å². The molecule has 0 fully saturated rings. The third kappa shape index (κ3) is 5.07. The van der Waals surface area contributed by atoms with Crippen molar-refractivity contribution in [2.24, 2.45) is 0 Å². The lowest BCUT2D eigenvalue weighted by atomic mass is 10.2. The minimum absolute atomic E-state index is 0.447. The molecule has 0 aliphatic rings. The van der Waals surface area contributed by atoms with Crippen molar-refractivity contribution in [3.05, 3.63) is 0 Å². The highest BCUT2D eigenvalue weighted by Crippen LogP contribution is 2.02. The summed E-state index contributed by atoms with van der Waals surface area (Å²) in [6.07, 6.45) is 3.64. The van der Waals surface area contributed by atoms with Gasteiger partial charge in [0.05, 0.1) is 6.10 Å². The van der Waals surface area contributed by atoms with E-state index in [-0.39, 0.29) is 0 Å². The van der Waals surface area contributed by atoms with Crippen molar-refractivity contribution in [3.8, 4) is 0 Å². The standard InChI is InChI=1S/C8H17ClO/c1-3-8(4-2)10-7-5-6-9/h8H,3-7H2,1-2H3. The van der Waals surface area contributed by atoms with E-state index in [4.69, 9.17) is 16.3 Å². The summed E-state index contributed by atoms with van der Waals surface area (Å²) in [4.78, 5) is 0. The molecule has 0 heterocycles. The molecule has 0 spiro atoms. The predicted octanol–water partition coefficient (Wildman–Crippen LogP) is 2.82. The van der Waals surface area contributed by atoms with E-state index < -0.39 is 0 Å². The van der Waals surface area contributed by atoms with Crippen LogP contribution in [0.15, 0.2) is 0 Å². The van der Waals surface area contributed by atoms with E-state index in [9.17, 15) is 0 Å². The third-order valence-electron chi connectivity index (χ3n) is 1.54. The van der Waals surface area contributed by atoms with Crippen molar-refractivity contribution in [3.63, 3.8) is 0 Å². The highest BCUT2D eigenvalue weighted by molar-refractivity contribution is 6.17. The van der Waals surface area contributed by atoms with Gasteiger partial charge in [0, 0.05) is 12.5 Å². The van der Waals surface area contributed by atoms with Crippen molar-refractivity contribution >= 4 is 11.6 Å². The highest BCUT2D eigenvalue weighted by Gasteiger charge is 2.00. The molecule has 0 aromatic rings. The molecular weight excluding hydrogens is 148 g/mol. The van der Waals surface area contributed by atoms with Crippen LogP contribution in [0, 0.1) is 0 Å². The zero-order valence-electron chi connectivity index (χ0n) is 6.90. The molecule has 0 rings (SSSR count). The summed E-state index contributed by atoms with van der Waals surface area (Å²) < 4.78 is 5.50. The van der Waals surface area contributed by atoms with E-state index in [1.807, 2.05) is 0 Å². The van der Waals surface area contributed by atoms with Gasteiger partial charge in [-0.3, -0.25) is 0 Å². The van der Waals surface area contributed by atoms with Gasteiger partial charge in [-0.2, -0.15) is 0 Å². The molecule has 0 saturated heterocycles. The average Bonchev–Trinajstić information content (AvgIpc) is 1.99. The molecule has 0 unspecified atom stereocenters. The van der Waals surface area contributed by atoms with Gasteiger partial charge in [-0.25, -0.2) is 0 Å². The van der Waals surface area contributed by atoms with Crippen molar-refractivity contribution in [2.75, 3.05) is 12.5 Å². The zero-order valence-corrected chi connectivity index (χ0v) is 7.66. The van der Waals surface area contributed by atoms with Gasteiger partial charge in [-0.05, 0) is 19.3 Å². The lowest BCUT2D eigenvalue weighted by molar-refractivity contribution is 0.0491. The maximum absolute atomic E-state index is 5.50. The fourth-order valence-electron chi connectivity index (χ4n) is 0.829. The van der Waals surface area contributed by atoms with Gasteiger partial charge in [-0.1, -0.05) is 13.8 Å². The van der Waals surface area contributed by atoms with Gasteiger partial charge in [0.1, 0.15) is 0 Å². The van der Waals surface area contributed by atoms with Crippen LogP contribution >= 0.6 is 11.6 Å². The van der Waals surface area contributed by atoms with E-state index in [0.29, 0.717) is 12.0 Å². The molecule has 0 amide bonds. The summed E-state index contributed by atoms with van der Waals surface area (Å²) >= 11 is 5.49. The van der Waals surface area contributed by atoms with E-state index in [1.165, 1.54) is 0 Å². The first kappa shape index (κ1) is 10.2. The molecule has 10 heavy (non-hydrogen) atoms. The van der Waals surface area contributed by atoms with Crippen LogP contribution in [0.2, 0.25) is 0 Å². The zero-order chi connectivity index (χ0) is 7.82. The van der Waals surface area contributed by atoms with Gasteiger partial charge < -0.3 is 4.74 Å². The second-order valence-electron chi connectivity index (χ2n) is 2.35. The molecule has 0 atom stereocenters. The molecule has 0 aromatic carbocycles. The Morgan fingerprint density at radius 2 is 1.90 bits per heavy atom. The van der Waals surface area contributed by atoms with Crippen LogP contribution in [0.5, 0.6) is 0 Å². The molecule has 0 aliphatic carbocycles. The Bertz CT molecular complexity index is 62.3. The molecule has 62 valence electrons. The third-order valence-corrected chi connectivity index (χ3v) is 1.81. The molecular formula is C8H17ClO. The molecule has 0 radical (unpaired) electrons. The quantitative estimate of drug-likeness (QED) is 0.434. The largest absolute Gasteiger partial charge is 0.378 e. The molecule has 0 saturated carbocycles. The van der Waals surface area contributed by atoms with E-state index in [0.717, 1.165) is 25.9 Å². The van der Waals surface area contributed by atoms with E-state index in [1.54, 1.807) is 0 Å². The summed E-state index contributed by atoms with van der Waals surface area (Å²) in [5.74, 6) is 0.708. The minimum atomic E-state index is 0.447. The van der Waals surface area contributed by atoms with Crippen LogP contribution in [0.3, 0.4) is 0 Å². The smallest absolute Gasteiger partial charge is 0.0569 e. The fraction of sp³-hybridized carbons (Fsp3) is 1.00.